The van der Waals surface area contributed by atoms with Crippen molar-refractivity contribution in [3.8, 4) is 5.75 Å². The SMILES string of the molecule is CCNC(=NCc1ccc(C)cc1OCCCOC)NCCCN1CCCC1=O.I. The van der Waals surface area contributed by atoms with E-state index < -0.39 is 0 Å². The number of halogens is 1. The van der Waals surface area contributed by atoms with Gasteiger partial charge in [-0.1, -0.05) is 12.1 Å². The summed E-state index contributed by atoms with van der Waals surface area (Å²) in [5.74, 6) is 1.95. The molecule has 0 spiro atoms. The zero-order chi connectivity index (χ0) is 20.9. The van der Waals surface area contributed by atoms with Crippen LogP contribution in [0.5, 0.6) is 5.75 Å². The Labute approximate surface area is 198 Å². The first-order chi connectivity index (χ1) is 14.1. The van der Waals surface area contributed by atoms with E-state index in [1.807, 2.05) is 4.90 Å². The molecule has 1 heterocycles. The van der Waals surface area contributed by atoms with Gasteiger partial charge in [-0.05, 0) is 38.3 Å². The molecular formula is C22H37IN4O3. The van der Waals surface area contributed by atoms with E-state index in [4.69, 9.17) is 14.5 Å². The van der Waals surface area contributed by atoms with Crippen molar-refractivity contribution >= 4 is 35.8 Å². The number of hydrogen-bond acceptors (Lipinski definition) is 4. The largest absolute Gasteiger partial charge is 0.493 e. The molecule has 1 saturated heterocycles. The van der Waals surface area contributed by atoms with Gasteiger partial charge in [0.25, 0.3) is 0 Å². The summed E-state index contributed by atoms with van der Waals surface area (Å²) >= 11 is 0. The van der Waals surface area contributed by atoms with Crippen LogP contribution in [0, 0.1) is 6.92 Å². The zero-order valence-electron chi connectivity index (χ0n) is 18.5. The number of rotatable bonds is 12. The first-order valence-corrected chi connectivity index (χ1v) is 10.6. The molecule has 0 aliphatic carbocycles. The van der Waals surface area contributed by atoms with Crippen LogP contribution in [0.25, 0.3) is 0 Å². The molecule has 0 aromatic heterocycles. The Hall–Kier alpha value is -1.55. The number of aliphatic imine (C=N–C) groups is 1. The van der Waals surface area contributed by atoms with Gasteiger partial charge in [-0.3, -0.25) is 4.79 Å². The molecule has 0 saturated carbocycles. The first-order valence-electron chi connectivity index (χ1n) is 10.6. The van der Waals surface area contributed by atoms with Gasteiger partial charge in [0.1, 0.15) is 5.75 Å². The van der Waals surface area contributed by atoms with Crippen LogP contribution in [0.3, 0.4) is 0 Å². The minimum atomic E-state index is 0. The van der Waals surface area contributed by atoms with E-state index in [-0.39, 0.29) is 29.9 Å². The number of carbonyl (C=O) groups excluding carboxylic acids is 1. The van der Waals surface area contributed by atoms with Crippen molar-refractivity contribution in [2.75, 3.05) is 46.5 Å². The zero-order valence-corrected chi connectivity index (χ0v) is 20.9. The predicted octanol–water partition coefficient (Wildman–Crippen LogP) is 3.10. The van der Waals surface area contributed by atoms with Gasteiger partial charge in [0, 0.05) is 58.3 Å². The lowest BCUT2D eigenvalue weighted by atomic mass is 10.1. The molecule has 1 aromatic rings. The highest BCUT2D eigenvalue weighted by Crippen LogP contribution is 2.21. The number of methoxy groups -OCH3 is 1. The third kappa shape index (κ3) is 9.51. The summed E-state index contributed by atoms with van der Waals surface area (Å²) < 4.78 is 11.0. The lowest BCUT2D eigenvalue weighted by Gasteiger charge is -2.17. The van der Waals surface area contributed by atoms with Gasteiger partial charge in [0.2, 0.25) is 5.91 Å². The fourth-order valence-corrected chi connectivity index (χ4v) is 3.24. The number of amides is 1. The summed E-state index contributed by atoms with van der Waals surface area (Å²) in [6.07, 6.45) is 3.46. The summed E-state index contributed by atoms with van der Waals surface area (Å²) in [7, 11) is 1.70. The molecule has 0 atom stereocenters. The Kier molecular flexibility index (Phi) is 13.5. The second-order valence-corrected chi connectivity index (χ2v) is 7.27. The molecule has 8 heteroatoms. The Morgan fingerprint density at radius 1 is 1.23 bits per heavy atom. The van der Waals surface area contributed by atoms with Gasteiger partial charge >= 0.3 is 0 Å². The fourth-order valence-electron chi connectivity index (χ4n) is 3.24. The van der Waals surface area contributed by atoms with Crippen LogP contribution in [0.1, 0.15) is 43.7 Å². The molecule has 1 fully saturated rings. The summed E-state index contributed by atoms with van der Waals surface area (Å²) in [5.41, 5.74) is 2.23. The van der Waals surface area contributed by atoms with E-state index in [1.54, 1.807) is 7.11 Å². The molecular weight excluding hydrogens is 495 g/mol. The fraction of sp³-hybridized carbons (Fsp3) is 0.636. The first kappa shape index (κ1) is 26.5. The van der Waals surface area contributed by atoms with Gasteiger partial charge < -0.3 is 25.0 Å². The number of aryl methyl sites for hydroxylation is 1. The molecule has 7 nitrogen and oxygen atoms in total. The molecule has 0 bridgehead atoms. The number of nitrogens with one attached hydrogen (secondary N) is 2. The topological polar surface area (TPSA) is 75.2 Å². The Morgan fingerprint density at radius 2 is 2.07 bits per heavy atom. The molecule has 30 heavy (non-hydrogen) atoms. The summed E-state index contributed by atoms with van der Waals surface area (Å²) in [4.78, 5) is 18.3. The Bertz CT molecular complexity index is 670. The number of carbonyl (C=O) groups is 1. The highest BCUT2D eigenvalue weighted by molar-refractivity contribution is 14.0. The number of hydrogen-bond donors (Lipinski definition) is 2. The van der Waals surface area contributed by atoms with Crippen LogP contribution in [-0.2, 0) is 16.1 Å². The lowest BCUT2D eigenvalue weighted by Crippen LogP contribution is -2.39. The standard InChI is InChI=1S/C22H36N4O3.HI/c1-4-23-22(24-11-6-13-26-12-5-8-21(26)27)25-17-19-10-9-18(2)16-20(19)29-15-7-14-28-3;/h9-10,16H,4-8,11-15,17H2,1-3H3,(H2,23,24,25);1H. The van der Waals surface area contributed by atoms with Crippen molar-refractivity contribution in [1.82, 2.24) is 15.5 Å². The minimum absolute atomic E-state index is 0. The molecule has 2 N–H and O–H groups in total. The van der Waals surface area contributed by atoms with E-state index in [0.29, 0.717) is 26.2 Å². The molecule has 0 unspecified atom stereocenters. The molecule has 1 aliphatic heterocycles. The van der Waals surface area contributed by atoms with Gasteiger partial charge in [0.15, 0.2) is 5.96 Å². The maximum atomic E-state index is 11.7. The van der Waals surface area contributed by atoms with Crippen molar-refractivity contribution in [3.63, 3.8) is 0 Å². The van der Waals surface area contributed by atoms with Crippen LogP contribution in [0.2, 0.25) is 0 Å². The summed E-state index contributed by atoms with van der Waals surface area (Å²) in [6, 6.07) is 6.22. The van der Waals surface area contributed by atoms with Crippen molar-refractivity contribution < 1.29 is 14.3 Å². The second-order valence-electron chi connectivity index (χ2n) is 7.27. The smallest absolute Gasteiger partial charge is 0.222 e. The van der Waals surface area contributed by atoms with Gasteiger partial charge in [-0.25, -0.2) is 4.99 Å². The Morgan fingerprint density at radius 3 is 2.77 bits per heavy atom. The molecule has 2 rings (SSSR count). The molecule has 1 aromatic carbocycles. The van der Waals surface area contributed by atoms with Gasteiger partial charge in [0.05, 0.1) is 13.2 Å². The maximum Gasteiger partial charge on any atom is 0.222 e. The van der Waals surface area contributed by atoms with Crippen LogP contribution < -0.4 is 15.4 Å². The number of guanidine groups is 1. The van der Waals surface area contributed by atoms with Crippen LogP contribution in [0.4, 0.5) is 0 Å². The average Bonchev–Trinajstić information content (AvgIpc) is 3.12. The number of nitrogens with zero attached hydrogens (tertiary/aromatic N) is 2. The average molecular weight is 532 g/mol. The van der Waals surface area contributed by atoms with Crippen LogP contribution in [-0.4, -0.2) is 63.3 Å². The number of ether oxygens (including phenoxy) is 2. The number of likely N-dealkylation sites (tertiary alicyclic amines) is 1. The van der Waals surface area contributed by atoms with E-state index in [1.165, 1.54) is 5.56 Å². The highest BCUT2D eigenvalue weighted by Gasteiger charge is 2.18. The van der Waals surface area contributed by atoms with Gasteiger partial charge in [-0.2, -0.15) is 0 Å². The van der Waals surface area contributed by atoms with E-state index in [9.17, 15) is 4.79 Å². The normalized spacial score (nSPS) is 13.9. The monoisotopic (exact) mass is 532 g/mol. The molecule has 0 radical (unpaired) electrons. The van der Waals surface area contributed by atoms with E-state index in [0.717, 1.165) is 62.7 Å². The molecule has 170 valence electrons. The van der Waals surface area contributed by atoms with E-state index >= 15 is 0 Å². The maximum absolute atomic E-state index is 11.7. The third-order valence-corrected chi connectivity index (χ3v) is 4.79. The van der Waals surface area contributed by atoms with Crippen molar-refractivity contribution in [3.05, 3.63) is 29.3 Å². The summed E-state index contributed by atoms with van der Waals surface area (Å²) in [6.45, 7) is 9.26. The number of benzene rings is 1. The van der Waals surface area contributed by atoms with Crippen LogP contribution in [0.15, 0.2) is 23.2 Å². The Balaban J connectivity index is 0.00000450. The van der Waals surface area contributed by atoms with Crippen molar-refractivity contribution in [1.29, 1.82) is 0 Å². The van der Waals surface area contributed by atoms with Crippen LogP contribution >= 0.6 is 24.0 Å². The minimum Gasteiger partial charge on any atom is -0.493 e. The molecule has 1 amide bonds. The molecule has 1 aliphatic rings. The second kappa shape index (κ2) is 15.3. The van der Waals surface area contributed by atoms with Crippen molar-refractivity contribution in [2.45, 2.75) is 46.1 Å². The quantitative estimate of drug-likeness (QED) is 0.187. The summed E-state index contributed by atoms with van der Waals surface area (Å²) in [5, 5.41) is 6.65. The third-order valence-electron chi connectivity index (χ3n) is 4.79. The van der Waals surface area contributed by atoms with Crippen molar-refractivity contribution in [2.24, 2.45) is 4.99 Å². The predicted molar refractivity (Wildman–Crippen MR) is 132 cm³/mol. The lowest BCUT2D eigenvalue weighted by molar-refractivity contribution is -0.127. The highest BCUT2D eigenvalue weighted by atomic mass is 127. The van der Waals surface area contributed by atoms with Gasteiger partial charge in [-0.15, -0.1) is 24.0 Å². The van der Waals surface area contributed by atoms with E-state index in [2.05, 4.69) is 42.7 Å².